The van der Waals surface area contributed by atoms with Gasteiger partial charge in [-0.1, -0.05) is 0 Å². The molecule has 0 aromatic heterocycles. The summed E-state index contributed by atoms with van der Waals surface area (Å²) in [5, 5.41) is 10.9. The van der Waals surface area contributed by atoms with Crippen LogP contribution in [0.2, 0.25) is 0 Å². The first kappa shape index (κ1) is 15.9. The molecule has 7 nitrogen and oxygen atoms in total. The van der Waals surface area contributed by atoms with E-state index in [4.69, 9.17) is 16.2 Å². The molecule has 0 saturated heterocycles. The van der Waals surface area contributed by atoms with E-state index in [9.17, 15) is 14.9 Å². The molecule has 1 unspecified atom stereocenters. The van der Waals surface area contributed by atoms with Gasteiger partial charge < -0.3 is 16.2 Å². The maximum atomic E-state index is 11.1. The summed E-state index contributed by atoms with van der Waals surface area (Å²) in [6.07, 6.45) is 0.226. The molecule has 0 aliphatic carbocycles. The van der Waals surface area contributed by atoms with Crippen LogP contribution < -0.4 is 16.2 Å². The van der Waals surface area contributed by atoms with E-state index in [0.29, 0.717) is 11.3 Å². The summed E-state index contributed by atoms with van der Waals surface area (Å²) in [7, 11) is 0. The molecule has 4 N–H and O–H groups in total. The molecule has 0 aliphatic rings. The Kier molecular flexibility index (Phi) is 4.67. The van der Waals surface area contributed by atoms with Crippen molar-refractivity contribution < 1.29 is 14.5 Å². The average molecular weight is 281 g/mol. The molecule has 0 radical (unpaired) electrons. The number of primary amides is 1. The van der Waals surface area contributed by atoms with Gasteiger partial charge in [0.25, 0.3) is 5.69 Å². The first-order valence-electron chi connectivity index (χ1n) is 6.12. The fourth-order valence-corrected chi connectivity index (χ4v) is 1.67. The van der Waals surface area contributed by atoms with Crippen LogP contribution in [0.25, 0.3) is 0 Å². The number of nitro benzene ring substituents is 1. The summed E-state index contributed by atoms with van der Waals surface area (Å²) in [6, 6.07) is 3.06. The minimum Gasteiger partial charge on any atom is -0.493 e. The van der Waals surface area contributed by atoms with Gasteiger partial charge >= 0.3 is 0 Å². The highest BCUT2D eigenvalue weighted by atomic mass is 16.6. The third-order valence-electron chi connectivity index (χ3n) is 3.13. The number of nitrogens with zero attached hydrogens (tertiary/aromatic N) is 1. The summed E-state index contributed by atoms with van der Waals surface area (Å²) in [4.78, 5) is 21.5. The quantitative estimate of drug-likeness (QED) is 0.599. The zero-order valence-electron chi connectivity index (χ0n) is 11.8. The van der Waals surface area contributed by atoms with E-state index in [2.05, 4.69) is 0 Å². The van der Waals surface area contributed by atoms with Crippen molar-refractivity contribution >= 4 is 11.6 Å². The third kappa shape index (κ3) is 3.67. The number of benzene rings is 1. The van der Waals surface area contributed by atoms with Crippen molar-refractivity contribution in [1.29, 1.82) is 0 Å². The van der Waals surface area contributed by atoms with E-state index in [1.807, 2.05) is 0 Å². The van der Waals surface area contributed by atoms with Crippen molar-refractivity contribution in [3.8, 4) is 5.75 Å². The zero-order valence-corrected chi connectivity index (χ0v) is 11.8. The molecule has 0 heterocycles. The molecule has 110 valence electrons. The number of aryl methyl sites for hydroxylation is 2. The number of nitro groups is 1. The van der Waals surface area contributed by atoms with Crippen molar-refractivity contribution in [1.82, 2.24) is 0 Å². The van der Waals surface area contributed by atoms with Gasteiger partial charge in [0.05, 0.1) is 23.1 Å². The number of carbonyl (C=O) groups is 1. The largest absolute Gasteiger partial charge is 0.493 e. The number of hydrogen-bond acceptors (Lipinski definition) is 5. The van der Waals surface area contributed by atoms with Crippen molar-refractivity contribution in [2.75, 3.05) is 6.61 Å². The van der Waals surface area contributed by atoms with E-state index in [1.54, 1.807) is 19.9 Å². The van der Waals surface area contributed by atoms with Gasteiger partial charge in [-0.05, 0) is 32.4 Å². The Morgan fingerprint density at radius 1 is 1.40 bits per heavy atom. The Morgan fingerprint density at radius 2 is 2.00 bits per heavy atom. The molecule has 1 amide bonds. The zero-order chi connectivity index (χ0) is 15.5. The minimum atomic E-state index is -1.16. The second kappa shape index (κ2) is 5.87. The van der Waals surface area contributed by atoms with Gasteiger partial charge in [0.2, 0.25) is 5.91 Å². The van der Waals surface area contributed by atoms with Crippen LogP contribution in [0.15, 0.2) is 12.1 Å². The van der Waals surface area contributed by atoms with Gasteiger partial charge in [-0.3, -0.25) is 14.9 Å². The lowest BCUT2D eigenvalue weighted by molar-refractivity contribution is -0.385. The van der Waals surface area contributed by atoms with Crippen LogP contribution in [0.5, 0.6) is 5.75 Å². The molecule has 7 heteroatoms. The number of rotatable bonds is 6. The maximum Gasteiger partial charge on any atom is 0.276 e. The highest BCUT2D eigenvalue weighted by Crippen LogP contribution is 2.28. The van der Waals surface area contributed by atoms with E-state index in [-0.39, 0.29) is 18.7 Å². The lowest BCUT2D eigenvalue weighted by Crippen LogP contribution is -2.50. The summed E-state index contributed by atoms with van der Waals surface area (Å²) in [5.74, 6) is -0.213. The fourth-order valence-electron chi connectivity index (χ4n) is 1.67. The number of ether oxygens (including phenoxy) is 1. The molecule has 1 rings (SSSR count). The molecule has 1 atom stereocenters. The van der Waals surface area contributed by atoms with Crippen molar-refractivity contribution in [3.63, 3.8) is 0 Å². The molecule has 0 saturated carbocycles. The molecule has 0 spiro atoms. The summed E-state index contributed by atoms with van der Waals surface area (Å²) in [5.41, 5.74) is 11.0. The number of nitrogens with two attached hydrogens (primary N) is 2. The predicted octanol–water partition coefficient (Wildman–Crippen LogP) is 1.18. The van der Waals surface area contributed by atoms with E-state index >= 15 is 0 Å². The molecular formula is C13H19N3O4. The topological polar surface area (TPSA) is 121 Å². The lowest BCUT2D eigenvalue weighted by atomic mass is 9.99. The second-order valence-electron chi connectivity index (χ2n) is 5.04. The first-order valence-corrected chi connectivity index (χ1v) is 6.12. The maximum absolute atomic E-state index is 11.1. The van der Waals surface area contributed by atoms with E-state index < -0.39 is 16.4 Å². The van der Waals surface area contributed by atoms with Gasteiger partial charge in [0.1, 0.15) is 5.75 Å². The number of carbonyl (C=O) groups excluding carboxylic acids is 1. The normalized spacial score (nSPS) is 13.6. The van der Waals surface area contributed by atoms with Crippen molar-refractivity contribution in [2.24, 2.45) is 11.5 Å². The monoisotopic (exact) mass is 281 g/mol. The standard InChI is InChI=1S/C13H19N3O4/c1-8-6-9(2)11(7-10(8)16(18)19)20-5-4-13(3,15)12(14)17/h6-7H,4-5,15H2,1-3H3,(H2,14,17). The van der Waals surface area contributed by atoms with Crippen LogP contribution in [0.3, 0.4) is 0 Å². The van der Waals surface area contributed by atoms with Gasteiger partial charge in [-0.25, -0.2) is 0 Å². The molecule has 20 heavy (non-hydrogen) atoms. The van der Waals surface area contributed by atoms with Crippen LogP contribution in [0, 0.1) is 24.0 Å². The Labute approximate surface area is 117 Å². The Morgan fingerprint density at radius 3 is 2.50 bits per heavy atom. The second-order valence-corrected chi connectivity index (χ2v) is 5.04. The average Bonchev–Trinajstić information content (AvgIpc) is 2.31. The van der Waals surface area contributed by atoms with Gasteiger partial charge in [-0.2, -0.15) is 0 Å². The Hall–Kier alpha value is -2.15. The number of amides is 1. The van der Waals surface area contributed by atoms with Crippen LogP contribution in [-0.4, -0.2) is 23.0 Å². The molecule has 1 aromatic rings. The molecule has 0 fully saturated rings. The molecule has 1 aromatic carbocycles. The summed E-state index contributed by atoms with van der Waals surface area (Å²) < 4.78 is 5.48. The van der Waals surface area contributed by atoms with Crippen LogP contribution >= 0.6 is 0 Å². The SMILES string of the molecule is Cc1cc(C)c([N+](=O)[O-])cc1OCCC(C)(N)C(N)=O. The van der Waals surface area contributed by atoms with E-state index in [0.717, 1.165) is 5.56 Å². The first-order chi connectivity index (χ1) is 9.15. The lowest BCUT2D eigenvalue weighted by Gasteiger charge is -2.20. The van der Waals surface area contributed by atoms with Gasteiger partial charge in [0, 0.05) is 12.0 Å². The Bertz CT molecular complexity index is 541. The van der Waals surface area contributed by atoms with Crippen LogP contribution in [0.1, 0.15) is 24.5 Å². The van der Waals surface area contributed by atoms with Gasteiger partial charge in [-0.15, -0.1) is 0 Å². The minimum absolute atomic E-state index is 0.00369. The third-order valence-corrected chi connectivity index (χ3v) is 3.13. The summed E-state index contributed by atoms with van der Waals surface area (Å²) in [6.45, 7) is 5.13. The van der Waals surface area contributed by atoms with Gasteiger partial charge in [0.15, 0.2) is 0 Å². The van der Waals surface area contributed by atoms with Crippen molar-refractivity contribution in [3.05, 3.63) is 33.4 Å². The smallest absolute Gasteiger partial charge is 0.276 e. The fraction of sp³-hybridized carbons (Fsp3) is 0.462. The van der Waals surface area contributed by atoms with Crippen LogP contribution in [-0.2, 0) is 4.79 Å². The predicted molar refractivity (Wildman–Crippen MR) is 74.5 cm³/mol. The Balaban J connectivity index is 2.81. The highest BCUT2D eigenvalue weighted by Gasteiger charge is 2.25. The van der Waals surface area contributed by atoms with Crippen LogP contribution in [0.4, 0.5) is 5.69 Å². The van der Waals surface area contributed by atoms with E-state index in [1.165, 1.54) is 13.0 Å². The summed E-state index contributed by atoms with van der Waals surface area (Å²) >= 11 is 0. The molecule has 0 bridgehead atoms. The van der Waals surface area contributed by atoms with Crippen molar-refractivity contribution in [2.45, 2.75) is 32.7 Å². The highest BCUT2D eigenvalue weighted by molar-refractivity contribution is 5.83. The number of hydrogen-bond donors (Lipinski definition) is 2. The molecular weight excluding hydrogens is 262 g/mol. The molecule has 0 aliphatic heterocycles.